The van der Waals surface area contributed by atoms with Crippen LogP contribution in [0.5, 0.6) is 0 Å². The van der Waals surface area contributed by atoms with Crippen LogP contribution in [0.25, 0.3) is 0 Å². The third-order valence-electron chi connectivity index (χ3n) is 5.34. The van der Waals surface area contributed by atoms with E-state index < -0.39 is 0 Å². The fraction of sp³-hybridized carbons (Fsp3) is 0.455. The highest BCUT2D eigenvalue weighted by atomic mass is 35.5. The number of aromatic nitrogens is 1. The second-order valence-corrected chi connectivity index (χ2v) is 8.14. The summed E-state index contributed by atoms with van der Waals surface area (Å²) in [7, 11) is 6.02. The summed E-state index contributed by atoms with van der Waals surface area (Å²) in [5.41, 5.74) is 2.57. The summed E-state index contributed by atoms with van der Waals surface area (Å²) in [5.74, 6) is 1.68. The van der Waals surface area contributed by atoms with Gasteiger partial charge in [-0.1, -0.05) is 41.4 Å². The molecule has 0 radical (unpaired) electrons. The first-order valence-corrected chi connectivity index (χ1v) is 10.4. The van der Waals surface area contributed by atoms with Gasteiger partial charge in [0.25, 0.3) is 0 Å². The lowest BCUT2D eigenvalue weighted by Crippen LogP contribution is -2.46. The molecule has 2 atom stereocenters. The number of anilines is 1. The maximum atomic E-state index is 6.30. The minimum atomic E-state index is 0.265. The number of rotatable bonds is 6. The van der Waals surface area contributed by atoms with Crippen LogP contribution in [-0.2, 0) is 0 Å². The SMILES string of the molecule is CN=C(NCC(c1ccc(C)cc1)N(C)C)NC1CCN(c2ncccc2Cl)C1. The van der Waals surface area contributed by atoms with E-state index in [4.69, 9.17) is 11.6 Å². The molecule has 2 aromatic rings. The summed E-state index contributed by atoms with van der Waals surface area (Å²) >= 11 is 6.30. The molecule has 0 saturated carbocycles. The Morgan fingerprint density at radius 2 is 2.07 bits per heavy atom. The maximum absolute atomic E-state index is 6.30. The highest BCUT2D eigenvalue weighted by Gasteiger charge is 2.25. The number of likely N-dealkylation sites (N-methyl/N-ethyl adjacent to an activating group) is 1. The van der Waals surface area contributed by atoms with Gasteiger partial charge in [0.1, 0.15) is 5.82 Å². The first-order chi connectivity index (χ1) is 14.0. The topological polar surface area (TPSA) is 55.8 Å². The lowest BCUT2D eigenvalue weighted by molar-refractivity contribution is 0.298. The van der Waals surface area contributed by atoms with Crippen molar-refractivity contribution in [3.05, 3.63) is 58.7 Å². The van der Waals surface area contributed by atoms with Gasteiger partial charge in [-0.15, -0.1) is 0 Å². The van der Waals surface area contributed by atoms with Crippen molar-refractivity contribution in [2.45, 2.75) is 25.4 Å². The van der Waals surface area contributed by atoms with Crippen LogP contribution in [0.1, 0.15) is 23.6 Å². The lowest BCUT2D eigenvalue weighted by atomic mass is 10.0. The first-order valence-electron chi connectivity index (χ1n) is 10.0. The van der Waals surface area contributed by atoms with Crippen molar-refractivity contribution in [1.29, 1.82) is 0 Å². The molecule has 156 valence electrons. The summed E-state index contributed by atoms with van der Waals surface area (Å²) in [5, 5.41) is 7.74. The average molecular weight is 415 g/mol. The quantitative estimate of drug-likeness (QED) is 0.562. The van der Waals surface area contributed by atoms with Crippen molar-refractivity contribution in [2.75, 3.05) is 45.7 Å². The Morgan fingerprint density at radius 3 is 2.72 bits per heavy atom. The molecule has 1 fully saturated rings. The molecule has 0 bridgehead atoms. The van der Waals surface area contributed by atoms with E-state index in [1.165, 1.54) is 11.1 Å². The third-order valence-corrected chi connectivity index (χ3v) is 5.63. The fourth-order valence-corrected chi connectivity index (χ4v) is 3.89. The number of hydrogen-bond acceptors (Lipinski definition) is 4. The molecule has 2 heterocycles. The summed E-state index contributed by atoms with van der Waals surface area (Å²) in [6, 6.07) is 13.0. The molecular formula is C22H31ClN6. The summed E-state index contributed by atoms with van der Waals surface area (Å²) in [6.07, 6.45) is 2.80. The molecule has 0 aliphatic carbocycles. The fourth-order valence-electron chi connectivity index (χ4n) is 3.65. The number of benzene rings is 1. The van der Waals surface area contributed by atoms with Crippen molar-refractivity contribution >= 4 is 23.4 Å². The van der Waals surface area contributed by atoms with Crippen molar-refractivity contribution in [3.63, 3.8) is 0 Å². The minimum absolute atomic E-state index is 0.265. The normalized spacial score (nSPS) is 18.2. The van der Waals surface area contributed by atoms with E-state index in [0.29, 0.717) is 11.1 Å². The zero-order chi connectivity index (χ0) is 20.8. The van der Waals surface area contributed by atoms with Gasteiger partial charge in [-0.2, -0.15) is 0 Å². The van der Waals surface area contributed by atoms with Crippen molar-refractivity contribution in [2.24, 2.45) is 4.99 Å². The second-order valence-electron chi connectivity index (χ2n) is 7.73. The maximum Gasteiger partial charge on any atom is 0.191 e. The molecule has 7 heteroatoms. The Morgan fingerprint density at radius 1 is 1.31 bits per heavy atom. The minimum Gasteiger partial charge on any atom is -0.354 e. The molecule has 2 N–H and O–H groups in total. The largest absolute Gasteiger partial charge is 0.354 e. The van der Waals surface area contributed by atoms with E-state index in [2.05, 4.69) is 75.7 Å². The number of guanidine groups is 1. The van der Waals surface area contributed by atoms with Crippen LogP contribution in [0.15, 0.2) is 47.6 Å². The number of pyridine rings is 1. The summed E-state index contributed by atoms with van der Waals surface area (Å²) in [4.78, 5) is 13.3. The van der Waals surface area contributed by atoms with Crippen LogP contribution < -0.4 is 15.5 Å². The Hall–Kier alpha value is -2.31. The summed E-state index contributed by atoms with van der Waals surface area (Å²) in [6.45, 7) is 4.67. The molecule has 0 amide bonds. The van der Waals surface area contributed by atoms with Gasteiger partial charge >= 0.3 is 0 Å². The molecule has 1 aromatic carbocycles. The third kappa shape index (κ3) is 5.61. The predicted octanol–water partition coefficient (Wildman–Crippen LogP) is 3.09. The number of hydrogen-bond donors (Lipinski definition) is 2. The molecule has 2 unspecified atom stereocenters. The van der Waals surface area contributed by atoms with Gasteiger partial charge in [0.2, 0.25) is 0 Å². The average Bonchev–Trinajstić information content (AvgIpc) is 3.17. The molecule has 6 nitrogen and oxygen atoms in total. The van der Waals surface area contributed by atoms with Gasteiger partial charge in [-0.3, -0.25) is 4.99 Å². The molecule has 1 aliphatic rings. The Kier molecular flexibility index (Phi) is 7.34. The van der Waals surface area contributed by atoms with Crippen LogP contribution in [0.4, 0.5) is 5.82 Å². The smallest absolute Gasteiger partial charge is 0.191 e. The number of aryl methyl sites for hydroxylation is 1. The Labute approximate surface area is 179 Å². The number of halogens is 1. The monoisotopic (exact) mass is 414 g/mol. The summed E-state index contributed by atoms with van der Waals surface area (Å²) < 4.78 is 0. The van der Waals surface area contributed by atoms with Crippen LogP contribution in [0.2, 0.25) is 5.02 Å². The molecule has 1 aromatic heterocycles. The Bertz CT molecular complexity index is 820. The number of aliphatic imine (C=N–C) groups is 1. The number of nitrogens with one attached hydrogen (secondary N) is 2. The molecule has 1 aliphatic heterocycles. The van der Waals surface area contributed by atoms with Gasteiger partial charge in [0.05, 0.1) is 11.1 Å². The van der Waals surface area contributed by atoms with Gasteiger partial charge in [-0.05, 0) is 45.1 Å². The van der Waals surface area contributed by atoms with Crippen LogP contribution in [0.3, 0.4) is 0 Å². The molecule has 0 spiro atoms. The van der Waals surface area contributed by atoms with E-state index in [0.717, 1.165) is 37.8 Å². The zero-order valence-corrected chi connectivity index (χ0v) is 18.4. The Balaban J connectivity index is 1.56. The van der Waals surface area contributed by atoms with Gasteiger partial charge in [0, 0.05) is 38.9 Å². The predicted molar refractivity (Wildman–Crippen MR) is 122 cm³/mol. The van der Waals surface area contributed by atoms with E-state index in [1.54, 1.807) is 6.20 Å². The zero-order valence-electron chi connectivity index (χ0n) is 17.7. The second kappa shape index (κ2) is 9.94. The van der Waals surface area contributed by atoms with E-state index in [9.17, 15) is 0 Å². The highest BCUT2D eigenvalue weighted by molar-refractivity contribution is 6.32. The molecule has 29 heavy (non-hydrogen) atoms. The van der Waals surface area contributed by atoms with Crippen LogP contribution in [-0.4, -0.2) is 62.7 Å². The van der Waals surface area contributed by atoms with E-state index in [-0.39, 0.29) is 6.04 Å². The highest BCUT2D eigenvalue weighted by Crippen LogP contribution is 2.25. The van der Waals surface area contributed by atoms with Crippen LogP contribution >= 0.6 is 11.6 Å². The van der Waals surface area contributed by atoms with Gasteiger partial charge < -0.3 is 20.4 Å². The molecule has 1 saturated heterocycles. The van der Waals surface area contributed by atoms with Crippen molar-refractivity contribution in [3.8, 4) is 0 Å². The van der Waals surface area contributed by atoms with Crippen molar-refractivity contribution < 1.29 is 0 Å². The van der Waals surface area contributed by atoms with Gasteiger partial charge in [-0.25, -0.2) is 4.98 Å². The molecule has 3 rings (SSSR count). The molecular weight excluding hydrogens is 384 g/mol. The van der Waals surface area contributed by atoms with Crippen LogP contribution in [0, 0.1) is 6.92 Å². The lowest BCUT2D eigenvalue weighted by Gasteiger charge is -2.27. The van der Waals surface area contributed by atoms with E-state index >= 15 is 0 Å². The van der Waals surface area contributed by atoms with Crippen molar-refractivity contribution in [1.82, 2.24) is 20.5 Å². The van der Waals surface area contributed by atoms with E-state index in [1.807, 2.05) is 19.2 Å². The van der Waals surface area contributed by atoms with Gasteiger partial charge in [0.15, 0.2) is 5.96 Å². The standard InChI is InChI=1S/C22H31ClN6/c1-16-7-9-17(10-8-16)20(28(3)4)14-26-22(24-2)27-18-11-13-29(15-18)21-19(23)6-5-12-25-21/h5-10,12,18,20H,11,13-15H2,1-4H3,(H2,24,26,27). The number of nitrogens with zero attached hydrogens (tertiary/aromatic N) is 4. The first kappa shape index (κ1) is 21.4.